The van der Waals surface area contributed by atoms with Gasteiger partial charge in [-0.05, 0) is 31.5 Å². The van der Waals surface area contributed by atoms with Gasteiger partial charge in [0.05, 0.1) is 18.8 Å². The van der Waals surface area contributed by atoms with E-state index >= 15 is 0 Å². The number of aromatic nitrogens is 1. The number of esters is 1. The molecule has 0 unspecified atom stereocenters. The molecule has 0 aliphatic heterocycles. The molecule has 1 aromatic carbocycles. The average molecular weight is 312 g/mol. The molecular weight excluding hydrogens is 292 g/mol. The van der Waals surface area contributed by atoms with Crippen LogP contribution in [-0.4, -0.2) is 28.4 Å². The Morgan fingerprint density at radius 3 is 2.43 bits per heavy atom. The molecule has 1 aromatic heterocycles. The van der Waals surface area contributed by atoms with E-state index < -0.39 is 11.9 Å². The van der Waals surface area contributed by atoms with Gasteiger partial charge in [-0.2, -0.15) is 0 Å². The van der Waals surface area contributed by atoms with Gasteiger partial charge < -0.3 is 9.64 Å². The number of pyridine rings is 1. The maximum atomic E-state index is 12.4. The number of ether oxygens (including phenoxy) is 1. The first-order valence-corrected chi connectivity index (χ1v) is 7.52. The Kier molecular flexibility index (Phi) is 5.86. The van der Waals surface area contributed by atoms with E-state index in [9.17, 15) is 9.59 Å². The Bertz CT molecular complexity index is 671. The van der Waals surface area contributed by atoms with E-state index in [0.717, 1.165) is 17.0 Å². The van der Waals surface area contributed by atoms with Gasteiger partial charge >= 0.3 is 11.9 Å². The highest BCUT2D eigenvalue weighted by Gasteiger charge is 2.23. The second-order valence-electron chi connectivity index (χ2n) is 5.14. The number of amides is 1. The van der Waals surface area contributed by atoms with Gasteiger partial charge in [-0.3, -0.25) is 9.78 Å². The fourth-order valence-electron chi connectivity index (χ4n) is 2.21. The Morgan fingerprint density at radius 2 is 1.78 bits per heavy atom. The van der Waals surface area contributed by atoms with Gasteiger partial charge in [-0.25, -0.2) is 4.79 Å². The molecule has 0 bridgehead atoms. The van der Waals surface area contributed by atoms with Crippen LogP contribution in [0.4, 0.5) is 0 Å². The van der Waals surface area contributed by atoms with E-state index in [1.54, 1.807) is 6.92 Å². The van der Waals surface area contributed by atoms with Crippen molar-refractivity contribution in [1.29, 1.82) is 0 Å². The lowest BCUT2D eigenvalue weighted by Crippen LogP contribution is -2.37. The number of aryl methyl sites for hydroxylation is 1. The van der Waals surface area contributed by atoms with Gasteiger partial charge in [0, 0.05) is 12.2 Å². The molecule has 1 heterocycles. The third-order valence-corrected chi connectivity index (χ3v) is 3.25. The molecule has 0 atom stereocenters. The summed E-state index contributed by atoms with van der Waals surface area (Å²) in [5.74, 6) is -1.49. The summed E-state index contributed by atoms with van der Waals surface area (Å²) in [5, 5.41) is 0. The summed E-state index contributed by atoms with van der Waals surface area (Å²) in [4.78, 5) is 30.0. The van der Waals surface area contributed by atoms with Crippen molar-refractivity contribution < 1.29 is 14.3 Å². The predicted octanol–water partition coefficient (Wildman–Crippen LogP) is 2.48. The summed E-state index contributed by atoms with van der Waals surface area (Å²) in [7, 11) is 0. The van der Waals surface area contributed by atoms with Crippen LogP contribution in [0.3, 0.4) is 0 Å². The van der Waals surface area contributed by atoms with Crippen molar-refractivity contribution in [3.05, 3.63) is 65.5 Å². The first kappa shape index (κ1) is 16.7. The molecular formula is C18H20N2O3. The molecule has 0 aliphatic rings. The summed E-state index contributed by atoms with van der Waals surface area (Å²) in [5.41, 5.74) is 2.54. The van der Waals surface area contributed by atoms with Crippen LogP contribution < -0.4 is 0 Å². The van der Waals surface area contributed by atoms with Crippen LogP contribution in [0.25, 0.3) is 0 Å². The highest BCUT2D eigenvalue weighted by Crippen LogP contribution is 2.10. The Labute approximate surface area is 135 Å². The van der Waals surface area contributed by atoms with E-state index in [1.807, 2.05) is 55.5 Å². The van der Waals surface area contributed by atoms with Gasteiger partial charge in [0.1, 0.15) is 0 Å². The molecule has 0 spiro atoms. The molecule has 5 heteroatoms. The number of hydrogen-bond acceptors (Lipinski definition) is 4. The van der Waals surface area contributed by atoms with E-state index in [4.69, 9.17) is 4.74 Å². The van der Waals surface area contributed by atoms with Crippen LogP contribution in [0.2, 0.25) is 0 Å². The van der Waals surface area contributed by atoms with Crippen LogP contribution >= 0.6 is 0 Å². The number of hydrogen-bond donors (Lipinski definition) is 0. The first-order chi connectivity index (χ1) is 11.1. The number of benzene rings is 1. The number of carbonyl (C=O) groups is 2. The SMILES string of the molecule is CCOC(=O)C(=O)N(Cc1ccccc1)Cc1cccc(C)n1. The topological polar surface area (TPSA) is 59.5 Å². The van der Waals surface area contributed by atoms with E-state index in [-0.39, 0.29) is 13.2 Å². The van der Waals surface area contributed by atoms with Crippen LogP contribution in [-0.2, 0) is 27.4 Å². The molecule has 23 heavy (non-hydrogen) atoms. The third kappa shape index (κ3) is 4.92. The number of nitrogens with zero attached hydrogens (tertiary/aromatic N) is 2. The molecule has 0 fully saturated rings. The minimum Gasteiger partial charge on any atom is -0.459 e. The smallest absolute Gasteiger partial charge is 0.397 e. The second-order valence-corrected chi connectivity index (χ2v) is 5.14. The molecule has 5 nitrogen and oxygen atoms in total. The molecule has 0 radical (unpaired) electrons. The van der Waals surface area contributed by atoms with Crippen molar-refractivity contribution in [2.45, 2.75) is 26.9 Å². The van der Waals surface area contributed by atoms with Crippen molar-refractivity contribution in [3.8, 4) is 0 Å². The molecule has 120 valence electrons. The van der Waals surface area contributed by atoms with E-state index in [1.165, 1.54) is 4.90 Å². The monoisotopic (exact) mass is 312 g/mol. The fourth-order valence-corrected chi connectivity index (χ4v) is 2.21. The highest BCUT2D eigenvalue weighted by atomic mass is 16.5. The van der Waals surface area contributed by atoms with Gasteiger partial charge in [0.2, 0.25) is 0 Å². The predicted molar refractivity (Wildman–Crippen MR) is 86.3 cm³/mol. The normalized spacial score (nSPS) is 10.2. The molecule has 1 amide bonds. The lowest BCUT2D eigenvalue weighted by molar-refractivity contribution is -0.160. The standard InChI is InChI=1S/C18H20N2O3/c1-3-23-18(22)17(21)20(12-15-9-5-4-6-10-15)13-16-11-7-8-14(2)19-16/h4-11H,3,12-13H2,1-2H3. The minimum atomic E-state index is -0.837. The maximum Gasteiger partial charge on any atom is 0.397 e. The van der Waals surface area contributed by atoms with E-state index in [0.29, 0.717) is 6.54 Å². The van der Waals surface area contributed by atoms with Crippen molar-refractivity contribution in [3.63, 3.8) is 0 Å². The van der Waals surface area contributed by atoms with Crippen LogP contribution in [0.15, 0.2) is 48.5 Å². The van der Waals surface area contributed by atoms with Gasteiger partial charge in [-0.15, -0.1) is 0 Å². The van der Waals surface area contributed by atoms with Gasteiger partial charge in [0.25, 0.3) is 0 Å². The summed E-state index contributed by atoms with van der Waals surface area (Å²) in [6.45, 7) is 4.32. The number of carbonyl (C=O) groups excluding carboxylic acids is 2. The second kappa shape index (κ2) is 8.08. The summed E-state index contributed by atoms with van der Waals surface area (Å²) in [6, 6.07) is 15.1. The Balaban J connectivity index is 2.20. The average Bonchev–Trinajstić information content (AvgIpc) is 2.55. The zero-order valence-corrected chi connectivity index (χ0v) is 13.4. The number of rotatable bonds is 5. The van der Waals surface area contributed by atoms with Crippen LogP contribution in [0.1, 0.15) is 23.9 Å². The Hall–Kier alpha value is -2.69. The van der Waals surface area contributed by atoms with Crippen molar-refractivity contribution in [2.24, 2.45) is 0 Å². The fraction of sp³-hybridized carbons (Fsp3) is 0.278. The lowest BCUT2D eigenvalue weighted by Gasteiger charge is -2.21. The van der Waals surface area contributed by atoms with Crippen LogP contribution in [0.5, 0.6) is 0 Å². The zero-order valence-electron chi connectivity index (χ0n) is 13.4. The van der Waals surface area contributed by atoms with Crippen molar-refractivity contribution in [1.82, 2.24) is 9.88 Å². The zero-order chi connectivity index (χ0) is 16.7. The molecule has 2 rings (SSSR count). The van der Waals surface area contributed by atoms with Crippen LogP contribution in [0, 0.1) is 6.92 Å². The molecule has 0 aliphatic carbocycles. The molecule has 2 aromatic rings. The first-order valence-electron chi connectivity index (χ1n) is 7.52. The third-order valence-electron chi connectivity index (χ3n) is 3.25. The largest absolute Gasteiger partial charge is 0.459 e. The highest BCUT2D eigenvalue weighted by molar-refractivity contribution is 6.32. The lowest BCUT2D eigenvalue weighted by atomic mass is 10.2. The maximum absolute atomic E-state index is 12.4. The summed E-state index contributed by atoms with van der Waals surface area (Å²) in [6.07, 6.45) is 0. The van der Waals surface area contributed by atoms with Gasteiger partial charge in [-0.1, -0.05) is 36.4 Å². The van der Waals surface area contributed by atoms with Crippen molar-refractivity contribution in [2.75, 3.05) is 6.61 Å². The molecule has 0 saturated carbocycles. The van der Waals surface area contributed by atoms with Gasteiger partial charge in [0.15, 0.2) is 0 Å². The summed E-state index contributed by atoms with van der Waals surface area (Å²) < 4.78 is 4.83. The quantitative estimate of drug-likeness (QED) is 0.628. The van der Waals surface area contributed by atoms with Crippen molar-refractivity contribution >= 4 is 11.9 Å². The molecule has 0 saturated heterocycles. The summed E-state index contributed by atoms with van der Waals surface area (Å²) >= 11 is 0. The van der Waals surface area contributed by atoms with E-state index in [2.05, 4.69) is 4.98 Å². The minimum absolute atomic E-state index is 0.173. The Morgan fingerprint density at radius 1 is 1.04 bits per heavy atom. The molecule has 0 N–H and O–H groups in total.